The Kier molecular flexibility index (Phi) is 5.41. The third kappa shape index (κ3) is 3.93. The molecule has 2 heterocycles. The Hall–Kier alpha value is -2.70. The highest BCUT2D eigenvalue weighted by molar-refractivity contribution is 7.89. The summed E-state index contributed by atoms with van der Waals surface area (Å²) >= 11 is 0. The predicted molar refractivity (Wildman–Crippen MR) is 109 cm³/mol. The van der Waals surface area contributed by atoms with Crippen LogP contribution in [0.15, 0.2) is 77.8 Å². The van der Waals surface area contributed by atoms with Crippen LogP contribution in [0.25, 0.3) is 11.1 Å². The summed E-state index contributed by atoms with van der Waals surface area (Å²) in [6.45, 7) is 1.15. The van der Waals surface area contributed by atoms with E-state index in [1.54, 1.807) is 16.4 Å². The van der Waals surface area contributed by atoms with Crippen LogP contribution in [0.2, 0.25) is 0 Å². The van der Waals surface area contributed by atoms with Gasteiger partial charge < -0.3 is 4.74 Å². The summed E-state index contributed by atoms with van der Waals surface area (Å²) in [6.07, 6.45) is 4.27. The van der Waals surface area contributed by atoms with Gasteiger partial charge in [-0.2, -0.15) is 4.31 Å². The molecule has 0 spiro atoms. The molecule has 0 saturated carbocycles. The fraction of sp³-hybridized carbons (Fsp3) is 0.227. The molecule has 0 atom stereocenters. The number of hydrogen-bond donors (Lipinski definition) is 0. The first-order valence-electron chi connectivity index (χ1n) is 9.43. The van der Waals surface area contributed by atoms with Gasteiger partial charge in [-0.1, -0.05) is 55.0 Å². The Bertz CT molecular complexity index is 1030. The molecular weight excluding hydrogens is 372 g/mol. The van der Waals surface area contributed by atoms with E-state index in [1.807, 2.05) is 54.6 Å². The number of rotatable bonds is 5. The molecule has 1 aromatic heterocycles. The van der Waals surface area contributed by atoms with Gasteiger partial charge in [-0.25, -0.2) is 13.4 Å². The van der Waals surface area contributed by atoms with Crippen LogP contribution in [-0.4, -0.2) is 30.8 Å². The molecule has 5 nitrogen and oxygen atoms in total. The van der Waals surface area contributed by atoms with Crippen molar-refractivity contribution in [3.63, 3.8) is 0 Å². The maximum atomic E-state index is 12.7. The highest BCUT2D eigenvalue weighted by atomic mass is 32.2. The predicted octanol–water partition coefficient (Wildman–Crippen LogP) is 4.72. The van der Waals surface area contributed by atoms with E-state index in [2.05, 4.69) is 4.98 Å². The van der Waals surface area contributed by atoms with E-state index in [9.17, 15) is 8.42 Å². The summed E-state index contributed by atoms with van der Waals surface area (Å²) in [4.78, 5) is 4.45. The van der Waals surface area contributed by atoms with Gasteiger partial charge in [-0.3, -0.25) is 0 Å². The molecule has 0 bridgehead atoms. The van der Waals surface area contributed by atoms with Crippen molar-refractivity contribution in [1.82, 2.24) is 9.29 Å². The first kappa shape index (κ1) is 18.7. The fourth-order valence-electron chi connectivity index (χ4n) is 3.36. The lowest BCUT2D eigenvalue weighted by atomic mass is 10.1. The number of nitrogens with zero attached hydrogens (tertiary/aromatic N) is 2. The van der Waals surface area contributed by atoms with Gasteiger partial charge in [0.15, 0.2) is 0 Å². The summed E-state index contributed by atoms with van der Waals surface area (Å²) in [5.41, 5.74) is 2.00. The monoisotopic (exact) mass is 394 g/mol. The van der Waals surface area contributed by atoms with Crippen LogP contribution in [-0.2, 0) is 10.0 Å². The van der Waals surface area contributed by atoms with Crippen LogP contribution in [0.4, 0.5) is 0 Å². The van der Waals surface area contributed by atoms with Crippen molar-refractivity contribution in [2.24, 2.45) is 0 Å². The number of piperidine rings is 1. The van der Waals surface area contributed by atoms with Crippen LogP contribution >= 0.6 is 0 Å². The topological polar surface area (TPSA) is 59.5 Å². The molecular formula is C22H22N2O3S. The standard InChI is InChI=1S/C22H22N2O3S/c25-28(26,24-15-7-2-8-16-24)19-13-14-22(23-17-19)27-21-12-6-5-11-20(21)18-9-3-1-4-10-18/h1,3-6,9-14,17H,2,7-8,15-16H2. The smallest absolute Gasteiger partial charge is 0.244 e. The zero-order valence-electron chi connectivity index (χ0n) is 15.5. The van der Waals surface area contributed by atoms with Gasteiger partial charge in [0.25, 0.3) is 0 Å². The molecule has 0 aliphatic carbocycles. The number of pyridine rings is 1. The van der Waals surface area contributed by atoms with Crippen molar-refractivity contribution in [1.29, 1.82) is 0 Å². The second-order valence-corrected chi connectivity index (χ2v) is 8.70. The molecule has 0 amide bonds. The zero-order valence-corrected chi connectivity index (χ0v) is 16.3. The van der Waals surface area contributed by atoms with E-state index < -0.39 is 10.0 Å². The van der Waals surface area contributed by atoms with Crippen molar-refractivity contribution in [2.75, 3.05) is 13.1 Å². The summed E-state index contributed by atoms with van der Waals surface area (Å²) in [5, 5.41) is 0. The highest BCUT2D eigenvalue weighted by Gasteiger charge is 2.26. The van der Waals surface area contributed by atoms with Crippen LogP contribution in [0.5, 0.6) is 11.6 Å². The molecule has 2 aromatic carbocycles. The van der Waals surface area contributed by atoms with Crippen molar-refractivity contribution in [3.8, 4) is 22.8 Å². The summed E-state index contributed by atoms with van der Waals surface area (Å²) in [5.74, 6) is 1.04. The Morgan fingerprint density at radius 2 is 1.54 bits per heavy atom. The van der Waals surface area contributed by atoms with E-state index in [-0.39, 0.29) is 4.90 Å². The van der Waals surface area contributed by atoms with Crippen molar-refractivity contribution in [2.45, 2.75) is 24.2 Å². The molecule has 1 aliphatic rings. The van der Waals surface area contributed by atoms with Gasteiger partial charge in [0.2, 0.25) is 15.9 Å². The quantitative estimate of drug-likeness (QED) is 0.628. The average molecular weight is 394 g/mol. The molecule has 6 heteroatoms. The Labute approximate surface area is 165 Å². The number of sulfonamides is 1. The fourth-order valence-corrected chi connectivity index (χ4v) is 4.82. The van der Waals surface area contributed by atoms with E-state index in [0.29, 0.717) is 24.7 Å². The molecule has 0 radical (unpaired) electrons. The second kappa shape index (κ2) is 8.12. The van der Waals surface area contributed by atoms with E-state index in [4.69, 9.17) is 4.74 Å². The third-order valence-corrected chi connectivity index (χ3v) is 6.73. The highest BCUT2D eigenvalue weighted by Crippen LogP contribution is 2.32. The molecule has 1 saturated heterocycles. The number of benzene rings is 2. The lowest BCUT2D eigenvalue weighted by Crippen LogP contribution is -2.35. The Morgan fingerprint density at radius 1 is 0.821 bits per heavy atom. The molecule has 28 heavy (non-hydrogen) atoms. The molecule has 4 rings (SSSR count). The average Bonchev–Trinajstić information content (AvgIpc) is 2.76. The Morgan fingerprint density at radius 3 is 2.25 bits per heavy atom. The van der Waals surface area contributed by atoms with Crippen LogP contribution in [0.3, 0.4) is 0 Å². The molecule has 144 valence electrons. The number of aromatic nitrogens is 1. The van der Waals surface area contributed by atoms with Gasteiger partial charge in [0.05, 0.1) is 6.20 Å². The Balaban J connectivity index is 1.56. The van der Waals surface area contributed by atoms with Crippen LogP contribution in [0, 0.1) is 0 Å². The largest absolute Gasteiger partial charge is 0.438 e. The van der Waals surface area contributed by atoms with Crippen molar-refractivity contribution < 1.29 is 13.2 Å². The first-order chi connectivity index (χ1) is 13.6. The van der Waals surface area contributed by atoms with Gasteiger partial charge in [-0.15, -0.1) is 0 Å². The van der Waals surface area contributed by atoms with E-state index in [0.717, 1.165) is 30.4 Å². The minimum atomic E-state index is -3.49. The van der Waals surface area contributed by atoms with Crippen LogP contribution < -0.4 is 4.74 Å². The minimum absolute atomic E-state index is 0.207. The lowest BCUT2D eigenvalue weighted by Gasteiger charge is -2.25. The maximum Gasteiger partial charge on any atom is 0.244 e. The molecule has 0 N–H and O–H groups in total. The lowest BCUT2D eigenvalue weighted by molar-refractivity contribution is 0.346. The van der Waals surface area contributed by atoms with Gasteiger partial charge in [0.1, 0.15) is 10.6 Å². The molecule has 3 aromatic rings. The summed E-state index contributed by atoms with van der Waals surface area (Å²) in [7, 11) is -3.49. The molecule has 1 fully saturated rings. The third-order valence-electron chi connectivity index (χ3n) is 4.85. The van der Waals surface area contributed by atoms with Gasteiger partial charge in [0, 0.05) is 24.7 Å². The number of ether oxygens (including phenoxy) is 1. The minimum Gasteiger partial charge on any atom is -0.438 e. The summed E-state index contributed by atoms with van der Waals surface area (Å²) < 4.78 is 33.0. The van der Waals surface area contributed by atoms with Gasteiger partial charge >= 0.3 is 0 Å². The molecule has 0 unspecified atom stereocenters. The van der Waals surface area contributed by atoms with Gasteiger partial charge in [-0.05, 0) is 30.5 Å². The zero-order chi connectivity index (χ0) is 19.4. The molecule has 1 aliphatic heterocycles. The first-order valence-corrected chi connectivity index (χ1v) is 10.9. The van der Waals surface area contributed by atoms with E-state index >= 15 is 0 Å². The van der Waals surface area contributed by atoms with Crippen molar-refractivity contribution >= 4 is 10.0 Å². The second-order valence-electron chi connectivity index (χ2n) is 6.76. The SMILES string of the molecule is O=S(=O)(c1ccc(Oc2ccccc2-c2ccccc2)nc1)N1CCCCC1. The van der Waals surface area contributed by atoms with Crippen LogP contribution in [0.1, 0.15) is 19.3 Å². The number of hydrogen-bond acceptors (Lipinski definition) is 4. The van der Waals surface area contributed by atoms with Crippen molar-refractivity contribution in [3.05, 3.63) is 72.9 Å². The summed E-state index contributed by atoms with van der Waals surface area (Å²) in [6, 6.07) is 20.9. The normalized spacial score (nSPS) is 15.3. The van der Waals surface area contributed by atoms with E-state index in [1.165, 1.54) is 6.20 Å². The number of para-hydroxylation sites is 1. The maximum absolute atomic E-state index is 12.7.